The van der Waals surface area contributed by atoms with E-state index in [1.807, 2.05) is 0 Å². The van der Waals surface area contributed by atoms with Gasteiger partial charge in [0.25, 0.3) is 0 Å². The van der Waals surface area contributed by atoms with Gasteiger partial charge in [0.1, 0.15) is 0 Å². The SMILES string of the molecule is CC(CI)CCCCN(C)C. The molecule has 0 heterocycles. The standard InChI is InChI=1S/C9H20IN/c1-9(8-10)6-4-5-7-11(2)3/h9H,4-8H2,1-3H3. The van der Waals surface area contributed by atoms with Crippen LogP contribution in [0.15, 0.2) is 0 Å². The van der Waals surface area contributed by atoms with Crippen LogP contribution in [0, 0.1) is 5.92 Å². The third kappa shape index (κ3) is 8.60. The lowest BCUT2D eigenvalue weighted by Gasteiger charge is -2.10. The van der Waals surface area contributed by atoms with Gasteiger partial charge in [0, 0.05) is 4.43 Å². The van der Waals surface area contributed by atoms with Crippen LogP contribution in [0.3, 0.4) is 0 Å². The molecular weight excluding hydrogens is 249 g/mol. The Hall–Kier alpha value is 0.690. The third-order valence-corrected chi connectivity index (χ3v) is 3.32. The van der Waals surface area contributed by atoms with E-state index in [0.29, 0.717) is 0 Å². The highest BCUT2D eigenvalue weighted by Gasteiger charge is 1.98. The van der Waals surface area contributed by atoms with Crippen LogP contribution in [0.4, 0.5) is 0 Å². The minimum absolute atomic E-state index is 0.915. The summed E-state index contributed by atoms with van der Waals surface area (Å²) in [5, 5.41) is 0. The van der Waals surface area contributed by atoms with Crippen molar-refractivity contribution in [3.63, 3.8) is 0 Å². The summed E-state index contributed by atoms with van der Waals surface area (Å²) in [4.78, 5) is 2.26. The van der Waals surface area contributed by atoms with Crippen LogP contribution in [-0.4, -0.2) is 30.0 Å². The molecule has 0 aromatic heterocycles. The Morgan fingerprint density at radius 1 is 1.27 bits per heavy atom. The van der Waals surface area contributed by atoms with E-state index < -0.39 is 0 Å². The van der Waals surface area contributed by atoms with E-state index in [4.69, 9.17) is 0 Å². The molecule has 0 fully saturated rings. The first-order valence-electron chi connectivity index (χ1n) is 4.37. The molecule has 1 nitrogen and oxygen atoms in total. The van der Waals surface area contributed by atoms with E-state index in [2.05, 4.69) is 48.5 Å². The molecule has 68 valence electrons. The van der Waals surface area contributed by atoms with Crippen molar-refractivity contribution in [3.8, 4) is 0 Å². The van der Waals surface area contributed by atoms with Gasteiger partial charge in [-0.15, -0.1) is 0 Å². The van der Waals surface area contributed by atoms with Crippen molar-refractivity contribution in [3.05, 3.63) is 0 Å². The molecule has 0 rings (SSSR count). The van der Waals surface area contributed by atoms with Gasteiger partial charge >= 0.3 is 0 Å². The fourth-order valence-corrected chi connectivity index (χ4v) is 1.44. The second-order valence-corrected chi connectivity index (χ2v) is 4.44. The van der Waals surface area contributed by atoms with Gasteiger partial charge in [0.15, 0.2) is 0 Å². The summed E-state index contributed by atoms with van der Waals surface area (Å²) >= 11 is 2.47. The molecule has 1 atom stereocenters. The van der Waals surface area contributed by atoms with Crippen molar-refractivity contribution in [1.82, 2.24) is 4.90 Å². The summed E-state index contributed by atoms with van der Waals surface area (Å²) in [6, 6.07) is 0. The Labute approximate surface area is 84.7 Å². The predicted molar refractivity (Wildman–Crippen MR) is 60.5 cm³/mol. The quantitative estimate of drug-likeness (QED) is 0.407. The van der Waals surface area contributed by atoms with Crippen LogP contribution < -0.4 is 0 Å². The maximum atomic E-state index is 2.47. The van der Waals surface area contributed by atoms with E-state index in [1.165, 1.54) is 30.2 Å². The monoisotopic (exact) mass is 269 g/mol. The van der Waals surface area contributed by atoms with Crippen LogP contribution in [0.1, 0.15) is 26.2 Å². The van der Waals surface area contributed by atoms with E-state index in [0.717, 1.165) is 5.92 Å². The molecule has 11 heavy (non-hydrogen) atoms. The number of nitrogens with zero attached hydrogens (tertiary/aromatic N) is 1. The molecule has 0 radical (unpaired) electrons. The lowest BCUT2D eigenvalue weighted by atomic mass is 10.1. The van der Waals surface area contributed by atoms with Crippen LogP contribution in [0.5, 0.6) is 0 Å². The maximum Gasteiger partial charge on any atom is 0.00210 e. The first-order valence-corrected chi connectivity index (χ1v) is 5.90. The van der Waals surface area contributed by atoms with Crippen LogP contribution in [0.25, 0.3) is 0 Å². The first kappa shape index (κ1) is 11.7. The van der Waals surface area contributed by atoms with E-state index >= 15 is 0 Å². The van der Waals surface area contributed by atoms with Crippen molar-refractivity contribution in [2.45, 2.75) is 26.2 Å². The molecule has 0 aromatic carbocycles. The number of halogens is 1. The number of unbranched alkanes of at least 4 members (excludes halogenated alkanes) is 1. The van der Waals surface area contributed by atoms with Gasteiger partial charge in [0.05, 0.1) is 0 Å². The van der Waals surface area contributed by atoms with Gasteiger partial charge in [-0.1, -0.05) is 35.9 Å². The first-order chi connectivity index (χ1) is 5.16. The third-order valence-electron chi connectivity index (χ3n) is 1.82. The molecule has 0 aromatic rings. The van der Waals surface area contributed by atoms with Crippen LogP contribution in [-0.2, 0) is 0 Å². The molecule has 0 aliphatic carbocycles. The zero-order valence-corrected chi connectivity index (χ0v) is 10.1. The summed E-state index contributed by atoms with van der Waals surface area (Å²) in [5.41, 5.74) is 0. The average molecular weight is 269 g/mol. The second-order valence-electron chi connectivity index (χ2n) is 3.56. The molecule has 0 saturated carbocycles. The van der Waals surface area contributed by atoms with Crippen molar-refractivity contribution in [2.75, 3.05) is 25.1 Å². The molecule has 1 unspecified atom stereocenters. The minimum Gasteiger partial charge on any atom is -0.309 e. The fraction of sp³-hybridized carbons (Fsp3) is 1.00. The zero-order chi connectivity index (χ0) is 8.69. The van der Waals surface area contributed by atoms with Gasteiger partial charge in [-0.25, -0.2) is 0 Å². The largest absolute Gasteiger partial charge is 0.309 e. The molecule has 0 amide bonds. The van der Waals surface area contributed by atoms with Crippen LogP contribution >= 0.6 is 22.6 Å². The summed E-state index contributed by atoms with van der Waals surface area (Å²) in [5.74, 6) is 0.915. The Bertz CT molecular complexity index is 83.6. The van der Waals surface area contributed by atoms with Crippen LogP contribution in [0.2, 0.25) is 0 Å². The predicted octanol–water partition coefficient (Wildman–Crippen LogP) is 2.79. The fourth-order valence-electron chi connectivity index (χ4n) is 0.998. The number of hydrogen-bond acceptors (Lipinski definition) is 1. The highest BCUT2D eigenvalue weighted by molar-refractivity contribution is 14.1. The normalized spacial score (nSPS) is 13.9. The molecule has 0 saturated heterocycles. The second kappa shape index (κ2) is 7.35. The molecule has 0 aliphatic heterocycles. The maximum absolute atomic E-state index is 2.47. The average Bonchev–Trinajstić information content (AvgIpc) is 1.97. The van der Waals surface area contributed by atoms with Crippen molar-refractivity contribution >= 4 is 22.6 Å². The van der Waals surface area contributed by atoms with Gasteiger partial charge in [0.2, 0.25) is 0 Å². The highest BCUT2D eigenvalue weighted by Crippen LogP contribution is 2.10. The number of hydrogen-bond donors (Lipinski definition) is 0. The Kier molecular flexibility index (Phi) is 7.81. The zero-order valence-electron chi connectivity index (χ0n) is 7.94. The molecule has 2 heteroatoms. The Morgan fingerprint density at radius 3 is 2.36 bits per heavy atom. The molecule has 0 spiro atoms. The summed E-state index contributed by atoms with van der Waals surface area (Å²) < 4.78 is 1.31. The molecule has 0 aliphatic rings. The van der Waals surface area contributed by atoms with Gasteiger partial charge in [-0.05, 0) is 39.4 Å². The molecule has 0 N–H and O–H groups in total. The smallest absolute Gasteiger partial charge is 0.00210 e. The van der Waals surface area contributed by atoms with E-state index in [-0.39, 0.29) is 0 Å². The Balaban J connectivity index is 3.01. The Morgan fingerprint density at radius 2 is 1.91 bits per heavy atom. The molecule has 0 bridgehead atoms. The minimum atomic E-state index is 0.915. The number of alkyl halides is 1. The van der Waals surface area contributed by atoms with Gasteiger partial charge in [-0.2, -0.15) is 0 Å². The summed E-state index contributed by atoms with van der Waals surface area (Å²) in [7, 11) is 4.28. The van der Waals surface area contributed by atoms with Crippen molar-refractivity contribution < 1.29 is 0 Å². The highest BCUT2D eigenvalue weighted by atomic mass is 127. The van der Waals surface area contributed by atoms with Crippen molar-refractivity contribution in [2.24, 2.45) is 5.92 Å². The van der Waals surface area contributed by atoms with Crippen molar-refractivity contribution in [1.29, 1.82) is 0 Å². The van der Waals surface area contributed by atoms with E-state index in [9.17, 15) is 0 Å². The summed E-state index contributed by atoms with van der Waals surface area (Å²) in [6.07, 6.45) is 4.15. The molecular formula is C9H20IN. The van der Waals surface area contributed by atoms with Gasteiger partial charge < -0.3 is 4.90 Å². The lowest BCUT2D eigenvalue weighted by molar-refractivity contribution is 0.384. The lowest BCUT2D eigenvalue weighted by Crippen LogP contribution is -2.13. The van der Waals surface area contributed by atoms with E-state index in [1.54, 1.807) is 0 Å². The topological polar surface area (TPSA) is 3.24 Å². The summed E-state index contributed by atoms with van der Waals surface area (Å²) in [6.45, 7) is 3.58. The number of rotatable bonds is 6. The van der Waals surface area contributed by atoms with Gasteiger partial charge in [-0.3, -0.25) is 0 Å².